The van der Waals surface area contributed by atoms with Crippen molar-refractivity contribution in [3.8, 4) is 0 Å². The Bertz CT molecular complexity index is 254. The van der Waals surface area contributed by atoms with Crippen LogP contribution in [0.3, 0.4) is 0 Å². The summed E-state index contributed by atoms with van der Waals surface area (Å²) in [6.45, 7) is 3.50. The van der Waals surface area contributed by atoms with Crippen molar-refractivity contribution < 1.29 is 19.4 Å². The van der Waals surface area contributed by atoms with E-state index in [0.29, 0.717) is 0 Å². The first-order chi connectivity index (χ1) is 9.07. The van der Waals surface area contributed by atoms with Crippen molar-refractivity contribution in [1.82, 2.24) is 0 Å². The van der Waals surface area contributed by atoms with Crippen molar-refractivity contribution in [2.45, 2.75) is 84.2 Å². The number of esters is 2. The van der Waals surface area contributed by atoms with E-state index < -0.39 is 18.0 Å². The fraction of sp³-hybridized carbons (Fsp3) is 0.867. The zero-order valence-corrected chi connectivity index (χ0v) is 15.3. The van der Waals surface area contributed by atoms with Crippen molar-refractivity contribution in [3.63, 3.8) is 0 Å². The predicted octanol–water partition coefficient (Wildman–Crippen LogP) is 2.98. The van der Waals surface area contributed by atoms with E-state index in [4.69, 9.17) is 5.11 Å². The second kappa shape index (κ2) is 15.5. The minimum atomic E-state index is -1.23. The fourth-order valence-corrected chi connectivity index (χ4v) is 1.83. The third-order valence-corrected chi connectivity index (χ3v) is 3.04. The average molecular weight is 295 g/mol. The molecule has 0 aliphatic heterocycles. The van der Waals surface area contributed by atoms with Crippen molar-refractivity contribution in [2.75, 3.05) is 0 Å². The monoisotopic (exact) mass is 295 g/mol. The maximum atomic E-state index is 11.2. The molecule has 0 amide bonds. The Morgan fingerprint density at radius 2 is 1.40 bits per heavy atom. The summed E-state index contributed by atoms with van der Waals surface area (Å²) in [7, 11) is 0. The SMILES string of the molecule is CCCCCCCCCCCC(=O)OC(=O)C(C)O.[Na]. The number of ether oxygens (including phenoxy) is 1. The van der Waals surface area contributed by atoms with Gasteiger partial charge >= 0.3 is 11.9 Å². The van der Waals surface area contributed by atoms with Gasteiger partial charge in [0.2, 0.25) is 0 Å². The summed E-state index contributed by atoms with van der Waals surface area (Å²) in [5.74, 6) is -1.39. The Kier molecular flexibility index (Phi) is 17.3. The number of aliphatic hydroxyl groups is 1. The molecule has 0 fully saturated rings. The van der Waals surface area contributed by atoms with Gasteiger partial charge in [-0.15, -0.1) is 0 Å². The van der Waals surface area contributed by atoms with Gasteiger partial charge in [-0.1, -0.05) is 58.3 Å². The smallest absolute Gasteiger partial charge is 0.342 e. The standard InChI is InChI=1S/C15H28O4.Na/c1-3-4-5-6-7-8-9-10-11-12-14(17)19-15(18)13(2)16;/h13,16H,3-12H2,1-2H3;. The molecule has 4 nitrogen and oxygen atoms in total. The molecule has 1 unspecified atom stereocenters. The second-order valence-electron chi connectivity index (χ2n) is 5.05. The molecule has 0 aliphatic carbocycles. The Hall–Kier alpha value is 0.1000. The molecule has 1 atom stereocenters. The fourth-order valence-electron chi connectivity index (χ4n) is 1.83. The first kappa shape index (κ1) is 22.4. The molecule has 0 saturated carbocycles. The largest absolute Gasteiger partial charge is 0.391 e. The van der Waals surface area contributed by atoms with E-state index in [1.807, 2.05) is 0 Å². The van der Waals surface area contributed by atoms with Crippen molar-refractivity contribution in [2.24, 2.45) is 0 Å². The molecule has 0 aromatic rings. The van der Waals surface area contributed by atoms with Gasteiger partial charge in [0.1, 0.15) is 6.10 Å². The number of hydrogen-bond donors (Lipinski definition) is 1. The summed E-state index contributed by atoms with van der Waals surface area (Å²) in [6.07, 6.45) is 9.60. The van der Waals surface area contributed by atoms with Crippen LogP contribution in [-0.4, -0.2) is 52.7 Å². The Morgan fingerprint density at radius 1 is 0.950 bits per heavy atom. The van der Waals surface area contributed by atoms with Crippen LogP contribution >= 0.6 is 0 Å². The van der Waals surface area contributed by atoms with Gasteiger partial charge in [-0.05, 0) is 13.3 Å². The van der Waals surface area contributed by atoms with Gasteiger partial charge < -0.3 is 9.84 Å². The van der Waals surface area contributed by atoms with Crippen molar-refractivity contribution in [3.05, 3.63) is 0 Å². The zero-order valence-electron chi connectivity index (χ0n) is 13.3. The van der Waals surface area contributed by atoms with Crippen LogP contribution in [0.5, 0.6) is 0 Å². The number of rotatable bonds is 11. The zero-order chi connectivity index (χ0) is 14.5. The van der Waals surface area contributed by atoms with Crippen LogP contribution in [-0.2, 0) is 14.3 Å². The van der Waals surface area contributed by atoms with E-state index >= 15 is 0 Å². The third-order valence-electron chi connectivity index (χ3n) is 3.04. The van der Waals surface area contributed by atoms with Gasteiger partial charge in [0, 0.05) is 36.0 Å². The minimum Gasteiger partial charge on any atom is -0.391 e. The molecular weight excluding hydrogens is 267 g/mol. The first-order valence-corrected chi connectivity index (χ1v) is 7.50. The van der Waals surface area contributed by atoms with Crippen LogP contribution in [0.4, 0.5) is 0 Å². The van der Waals surface area contributed by atoms with E-state index in [-0.39, 0.29) is 36.0 Å². The first-order valence-electron chi connectivity index (χ1n) is 7.50. The van der Waals surface area contributed by atoms with Crippen LogP contribution in [0.1, 0.15) is 78.1 Å². The summed E-state index contributed by atoms with van der Waals surface area (Å²) in [6, 6.07) is 0. The van der Waals surface area contributed by atoms with Crippen LogP contribution in [0.15, 0.2) is 0 Å². The number of unbranched alkanes of at least 4 members (excludes halogenated alkanes) is 8. The molecule has 1 N–H and O–H groups in total. The molecule has 0 rings (SSSR count). The molecule has 113 valence electrons. The van der Waals surface area contributed by atoms with Crippen LogP contribution < -0.4 is 0 Å². The number of carbonyl (C=O) groups excluding carboxylic acids is 2. The van der Waals surface area contributed by atoms with Gasteiger partial charge in [0.25, 0.3) is 0 Å². The van der Waals surface area contributed by atoms with Crippen molar-refractivity contribution in [1.29, 1.82) is 0 Å². The Labute approximate surface area is 144 Å². The molecule has 0 spiro atoms. The maximum absolute atomic E-state index is 11.2. The van der Waals surface area contributed by atoms with Crippen LogP contribution in [0, 0.1) is 0 Å². The molecule has 0 aromatic carbocycles. The van der Waals surface area contributed by atoms with E-state index in [2.05, 4.69) is 11.7 Å². The third kappa shape index (κ3) is 14.5. The Morgan fingerprint density at radius 3 is 1.85 bits per heavy atom. The predicted molar refractivity (Wildman–Crippen MR) is 80.4 cm³/mol. The molecule has 20 heavy (non-hydrogen) atoms. The Balaban J connectivity index is 0. The molecule has 0 bridgehead atoms. The van der Waals surface area contributed by atoms with Crippen LogP contribution in [0.2, 0.25) is 0 Å². The van der Waals surface area contributed by atoms with E-state index in [9.17, 15) is 9.59 Å². The van der Waals surface area contributed by atoms with E-state index in [1.165, 1.54) is 45.4 Å². The average Bonchev–Trinajstić information content (AvgIpc) is 2.36. The second-order valence-corrected chi connectivity index (χ2v) is 5.05. The topological polar surface area (TPSA) is 63.6 Å². The normalized spacial score (nSPS) is 11.6. The van der Waals surface area contributed by atoms with Gasteiger partial charge in [0.15, 0.2) is 0 Å². The van der Waals surface area contributed by atoms with Crippen LogP contribution in [0.25, 0.3) is 0 Å². The molecule has 0 heterocycles. The molecule has 0 aromatic heterocycles. The van der Waals surface area contributed by atoms with E-state index in [0.717, 1.165) is 19.3 Å². The molecule has 0 aliphatic rings. The van der Waals surface area contributed by atoms with Gasteiger partial charge in [-0.25, -0.2) is 4.79 Å². The summed E-state index contributed by atoms with van der Waals surface area (Å²) in [5.41, 5.74) is 0. The minimum absolute atomic E-state index is 0. The molecular formula is C15H28NaO4. The van der Waals surface area contributed by atoms with Crippen molar-refractivity contribution >= 4 is 41.5 Å². The molecule has 0 saturated heterocycles. The van der Waals surface area contributed by atoms with Gasteiger partial charge in [-0.2, -0.15) is 0 Å². The number of carbonyl (C=O) groups is 2. The van der Waals surface area contributed by atoms with Gasteiger partial charge in [-0.3, -0.25) is 4.79 Å². The number of aliphatic hydroxyl groups excluding tert-OH is 1. The quantitative estimate of drug-likeness (QED) is 0.275. The summed E-state index contributed by atoms with van der Waals surface area (Å²) >= 11 is 0. The maximum Gasteiger partial charge on any atom is 0.342 e. The molecule has 1 radical (unpaired) electrons. The van der Waals surface area contributed by atoms with E-state index in [1.54, 1.807) is 0 Å². The van der Waals surface area contributed by atoms with Gasteiger partial charge in [0.05, 0.1) is 0 Å². The summed E-state index contributed by atoms with van der Waals surface area (Å²) in [4.78, 5) is 22.1. The summed E-state index contributed by atoms with van der Waals surface area (Å²) < 4.78 is 4.46. The summed E-state index contributed by atoms with van der Waals surface area (Å²) in [5, 5.41) is 8.87. The number of hydrogen-bond acceptors (Lipinski definition) is 4. The molecule has 5 heteroatoms.